The van der Waals surface area contributed by atoms with Gasteiger partial charge in [-0.3, -0.25) is 0 Å². The van der Waals surface area contributed by atoms with Gasteiger partial charge in [0.1, 0.15) is 5.82 Å². The molecule has 0 amide bonds. The zero-order valence-electron chi connectivity index (χ0n) is 17.8. The Morgan fingerprint density at radius 1 is 1.23 bits per heavy atom. The molecule has 2 aromatic rings. The molecule has 2 fully saturated rings. The second-order valence-corrected chi connectivity index (χ2v) is 8.80. The fourth-order valence-corrected chi connectivity index (χ4v) is 4.89. The van der Waals surface area contributed by atoms with Crippen LogP contribution >= 0.6 is 0 Å². The van der Waals surface area contributed by atoms with Crippen LogP contribution in [0.15, 0.2) is 12.4 Å². The van der Waals surface area contributed by atoms with Gasteiger partial charge in [0, 0.05) is 43.2 Å². The van der Waals surface area contributed by atoms with Crippen molar-refractivity contribution in [2.45, 2.75) is 44.7 Å². The van der Waals surface area contributed by atoms with Crippen LogP contribution in [0, 0.1) is 0 Å². The quantitative estimate of drug-likeness (QED) is 0.773. The number of fused-ring (bicyclic) bond motifs is 1. The molecule has 2 saturated heterocycles. The molecule has 30 heavy (non-hydrogen) atoms. The van der Waals surface area contributed by atoms with Crippen LogP contribution in [0.1, 0.15) is 32.3 Å². The van der Waals surface area contributed by atoms with Gasteiger partial charge in [-0.05, 0) is 39.7 Å². The summed E-state index contributed by atoms with van der Waals surface area (Å²) >= 11 is 0. The number of nitrogen functional groups attached to an aromatic ring is 1. The number of morpholine rings is 1. The highest BCUT2D eigenvalue weighted by Crippen LogP contribution is 2.40. The van der Waals surface area contributed by atoms with Gasteiger partial charge in [-0.1, -0.05) is 0 Å². The minimum Gasteiger partial charge on any atom is -0.377 e. The summed E-state index contributed by atoms with van der Waals surface area (Å²) in [7, 11) is 0. The summed E-state index contributed by atoms with van der Waals surface area (Å²) in [4.78, 5) is 23.3. The molecule has 5 heterocycles. The molecule has 9 nitrogen and oxygen atoms in total. The van der Waals surface area contributed by atoms with Crippen molar-refractivity contribution in [2.75, 3.05) is 54.9 Å². The second kappa shape index (κ2) is 7.63. The fraction of sp³-hybridized carbons (Fsp3) is 0.619. The van der Waals surface area contributed by atoms with E-state index in [0.29, 0.717) is 13.2 Å². The summed E-state index contributed by atoms with van der Waals surface area (Å²) in [5.74, 6) is 2.08. The normalized spacial score (nSPS) is 26.7. The monoisotopic (exact) mass is 410 g/mol. The van der Waals surface area contributed by atoms with Crippen LogP contribution in [0.3, 0.4) is 0 Å². The third kappa shape index (κ3) is 3.35. The lowest BCUT2D eigenvalue weighted by Gasteiger charge is -2.43. The van der Waals surface area contributed by atoms with Crippen molar-refractivity contribution >= 4 is 17.7 Å². The molecule has 3 aliphatic heterocycles. The van der Waals surface area contributed by atoms with E-state index in [0.717, 1.165) is 62.0 Å². The number of hydrogen-bond donors (Lipinski definition) is 2. The Labute approximate surface area is 177 Å². The largest absolute Gasteiger partial charge is 0.377 e. The zero-order chi connectivity index (χ0) is 20.7. The summed E-state index contributed by atoms with van der Waals surface area (Å²) in [6.07, 6.45) is 6.80. The highest BCUT2D eigenvalue weighted by Gasteiger charge is 2.40. The topological polar surface area (TPSA) is 105 Å². The summed E-state index contributed by atoms with van der Waals surface area (Å²) in [5.41, 5.74) is 8.77. The van der Waals surface area contributed by atoms with Crippen LogP contribution in [0.5, 0.6) is 0 Å². The molecule has 160 valence electrons. The fourth-order valence-electron chi connectivity index (χ4n) is 4.89. The standard InChI is InChI=1S/C21H30N8O/c1-14-12-30-9-8-28(14)20-26-17(15-10-24-19(22)25-11-15)16-4-7-29(18(16)27-20)21(2)5-3-6-23-13-21/h10-11,14,23H,3-9,12-13H2,1-2H3,(H2,22,24,25)/t14-,21?/m0/s1. The molecule has 2 atom stereocenters. The third-order valence-corrected chi connectivity index (χ3v) is 6.61. The van der Waals surface area contributed by atoms with Gasteiger partial charge in [-0.15, -0.1) is 0 Å². The first kappa shape index (κ1) is 19.4. The Bertz CT molecular complexity index is 912. The summed E-state index contributed by atoms with van der Waals surface area (Å²) < 4.78 is 5.64. The molecule has 1 unspecified atom stereocenters. The lowest BCUT2D eigenvalue weighted by molar-refractivity contribution is 0.0981. The molecule has 0 spiro atoms. The Morgan fingerprint density at radius 2 is 2.07 bits per heavy atom. The molecule has 0 radical (unpaired) electrons. The van der Waals surface area contributed by atoms with Crippen molar-refractivity contribution in [2.24, 2.45) is 0 Å². The maximum Gasteiger partial charge on any atom is 0.228 e. The van der Waals surface area contributed by atoms with Crippen molar-refractivity contribution in [3.63, 3.8) is 0 Å². The lowest BCUT2D eigenvalue weighted by Crippen LogP contribution is -2.55. The van der Waals surface area contributed by atoms with Gasteiger partial charge >= 0.3 is 0 Å². The summed E-state index contributed by atoms with van der Waals surface area (Å²) in [6, 6.07) is 0.231. The van der Waals surface area contributed by atoms with Crippen LogP contribution in [0.25, 0.3) is 11.3 Å². The van der Waals surface area contributed by atoms with E-state index in [1.54, 1.807) is 12.4 Å². The van der Waals surface area contributed by atoms with Crippen molar-refractivity contribution in [3.05, 3.63) is 18.0 Å². The Kier molecular flexibility index (Phi) is 4.94. The SMILES string of the molecule is C[C@H]1COCCN1c1nc(-c2cnc(N)nc2)c2c(n1)N(C1(C)CCCNC1)CC2. The van der Waals surface area contributed by atoms with E-state index in [2.05, 4.69) is 38.9 Å². The Hall–Kier alpha value is -2.52. The Balaban J connectivity index is 1.62. The number of rotatable bonds is 3. The number of hydrogen-bond acceptors (Lipinski definition) is 9. The number of anilines is 3. The predicted octanol–water partition coefficient (Wildman–Crippen LogP) is 1.25. The average Bonchev–Trinajstić information content (AvgIpc) is 3.20. The second-order valence-electron chi connectivity index (χ2n) is 8.80. The highest BCUT2D eigenvalue weighted by atomic mass is 16.5. The van der Waals surface area contributed by atoms with Gasteiger partial charge in [-0.2, -0.15) is 4.98 Å². The van der Waals surface area contributed by atoms with E-state index < -0.39 is 0 Å². The maximum atomic E-state index is 5.73. The van der Waals surface area contributed by atoms with Gasteiger partial charge in [0.15, 0.2) is 0 Å². The van der Waals surface area contributed by atoms with Crippen LogP contribution in [-0.4, -0.2) is 70.9 Å². The van der Waals surface area contributed by atoms with E-state index in [1.807, 2.05) is 0 Å². The molecule has 0 bridgehead atoms. The highest BCUT2D eigenvalue weighted by molar-refractivity contribution is 5.73. The number of nitrogens with two attached hydrogens (primary N) is 1. The summed E-state index contributed by atoms with van der Waals surface area (Å²) in [6.45, 7) is 9.68. The molecular formula is C21H30N8O. The molecule has 9 heteroatoms. The smallest absolute Gasteiger partial charge is 0.228 e. The first-order chi connectivity index (χ1) is 14.5. The lowest BCUT2D eigenvalue weighted by atomic mass is 9.90. The van der Waals surface area contributed by atoms with Crippen LogP contribution in [-0.2, 0) is 11.2 Å². The van der Waals surface area contributed by atoms with Crippen molar-refractivity contribution in [3.8, 4) is 11.3 Å². The first-order valence-corrected chi connectivity index (χ1v) is 10.9. The number of piperidine rings is 1. The maximum absolute atomic E-state index is 5.73. The van der Waals surface area contributed by atoms with E-state index in [1.165, 1.54) is 12.0 Å². The first-order valence-electron chi connectivity index (χ1n) is 10.9. The van der Waals surface area contributed by atoms with Gasteiger partial charge in [0.2, 0.25) is 11.9 Å². The molecular weight excluding hydrogens is 380 g/mol. The van der Waals surface area contributed by atoms with E-state index in [4.69, 9.17) is 20.4 Å². The molecule has 0 aliphatic carbocycles. The minimum atomic E-state index is 0.0562. The van der Waals surface area contributed by atoms with Gasteiger partial charge in [-0.25, -0.2) is 15.0 Å². The molecule has 5 rings (SSSR count). The number of aromatic nitrogens is 4. The van der Waals surface area contributed by atoms with E-state index in [9.17, 15) is 0 Å². The van der Waals surface area contributed by atoms with Gasteiger partial charge in [0.05, 0.1) is 30.5 Å². The van der Waals surface area contributed by atoms with Crippen LogP contribution in [0.4, 0.5) is 17.7 Å². The third-order valence-electron chi connectivity index (χ3n) is 6.61. The number of nitrogens with zero attached hydrogens (tertiary/aromatic N) is 6. The summed E-state index contributed by atoms with van der Waals surface area (Å²) in [5, 5.41) is 3.57. The molecule has 3 aliphatic rings. The average molecular weight is 411 g/mol. The number of ether oxygens (including phenoxy) is 1. The molecule has 0 aromatic carbocycles. The molecule has 2 aromatic heterocycles. The minimum absolute atomic E-state index is 0.0562. The van der Waals surface area contributed by atoms with Gasteiger partial charge in [0.25, 0.3) is 0 Å². The van der Waals surface area contributed by atoms with Crippen molar-refractivity contribution in [1.82, 2.24) is 25.3 Å². The predicted molar refractivity (Wildman–Crippen MR) is 117 cm³/mol. The zero-order valence-corrected chi connectivity index (χ0v) is 17.8. The van der Waals surface area contributed by atoms with Crippen LogP contribution < -0.4 is 20.9 Å². The van der Waals surface area contributed by atoms with E-state index >= 15 is 0 Å². The van der Waals surface area contributed by atoms with Crippen LogP contribution in [0.2, 0.25) is 0 Å². The number of nitrogens with one attached hydrogen (secondary N) is 1. The van der Waals surface area contributed by atoms with Crippen molar-refractivity contribution < 1.29 is 4.74 Å². The van der Waals surface area contributed by atoms with Crippen molar-refractivity contribution in [1.29, 1.82) is 0 Å². The Morgan fingerprint density at radius 3 is 2.80 bits per heavy atom. The van der Waals surface area contributed by atoms with E-state index in [-0.39, 0.29) is 17.5 Å². The molecule has 0 saturated carbocycles. The van der Waals surface area contributed by atoms with Gasteiger partial charge < -0.3 is 25.6 Å². The molecule has 3 N–H and O–H groups in total.